The summed E-state index contributed by atoms with van der Waals surface area (Å²) in [6.45, 7) is 1.49. The minimum atomic E-state index is -3.33. The fraction of sp³-hybridized carbons (Fsp3) is 0.300. The SMILES string of the molecule is CCS(=O)(=O)CC(=O)Nc1ccc(Cl)c(N)c1. The summed E-state index contributed by atoms with van der Waals surface area (Å²) in [4.78, 5) is 11.4. The zero-order valence-corrected chi connectivity index (χ0v) is 10.8. The Balaban J connectivity index is 2.72. The quantitative estimate of drug-likeness (QED) is 0.811. The van der Waals surface area contributed by atoms with Gasteiger partial charge in [-0.05, 0) is 18.2 Å². The third kappa shape index (κ3) is 4.24. The van der Waals surface area contributed by atoms with Crippen LogP contribution in [-0.2, 0) is 14.6 Å². The standard InChI is InChI=1S/C10H13ClN2O3S/c1-2-17(15,16)6-10(14)13-7-3-4-8(11)9(12)5-7/h3-5H,2,6,12H2,1H3,(H,13,14). The van der Waals surface area contributed by atoms with E-state index in [2.05, 4.69) is 5.32 Å². The van der Waals surface area contributed by atoms with Gasteiger partial charge in [0, 0.05) is 11.4 Å². The molecule has 0 unspecified atom stereocenters. The number of rotatable bonds is 4. The van der Waals surface area contributed by atoms with E-state index in [0.717, 1.165) is 0 Å². The molecule has 0 heterocycles. The molecule has 0 atom stereocenters. The first-order valence-electron chi connectivity index (χ1n) is 4.89. The molecule has 1 amide bonds. The predicted octanol–water partition coefficient (Wildman–Crippen LogP) is 1.30. The second-order valence-corrected chi connectivity index (χ2v) is 6.22. The van der Waals surface area contributed by atoms with Crippen molar-refractivity contribution in [2.75, 3.05) is 22.6 Å². The molecule has 0 saturated heterocycles. The number of halogens is 1. The van der Waals surface area contributed by atoms with Gasteiger partial charge in [-0.25, -0.2) is 8.42 Å². The largest absolute Gasteiger partial charge is 0.397 e. The van der Waals surface area contributed by atoms with E-state index in [0.29, 0.717) is 16.4 Å². The summed E-state index contributed by atoms with van der Waals surface area (Å²) in [7, 11) is -3.33. The van der Waals surface area contributed by atoms with Gasteiger partial charge in [0.05, 0.1) is 10.7 Å². The third-order valence-corrected chi connectivity index (χ3v) is 4.00. The van der Waals surface area contributed by atoms with Gasteiger partial charge in [-0.2, -0.15) is 0 Å². The Hall–Kier alpha value is -1.27. The van der Waals surface area contributed by atoms with Crippen LogP contribution in [0, 0.1) is 0 Å². The minimum Gasteiger partial charge on any atom is -0.397 e. The molecule has 94 valence electrons. The first-order valence-corrected chi connectivity index (χ1v) is 7.09. The highest BCUT2D eigenvalue weighted by Gasteiger charge is 2.14. The van der Waals surface area contributed by atoms with E-state index in [1.165, 1.54) is 19.1 Å². The van der Waals surface area contributed by atoms with Crippen molar-refractivity contribution in [3.63, 3.8) is 0 Å². The van der Waals surface area contributed by atoms with Gasteiger partial charge in [0.25, 0.3) is 0 Å². The van der Waals surface area contributed by atoms with Gasteiger partial charge in [-0.3, -0.25) is 4.79 Å². The predicted molar refractivity (Wildman–Crippen MR) is 68.8 cm³/mol. The number of carbonyl (C=O) groups excluding carboxylic acids is 1. The highest BCUT2D eigenvalue weighted by Crippen LogP contribution is 2.22. The lowest BCUT2D eigenvalue weighted by atomic mass is 10.3. The average molecular weight is 277 g/mol. The normalized spacial score (nSPS) is 11.2. The highest BCUT2D eigenvalue weighted by atomic mass is 35.5. The molecule has 0 spiro atoms. The number of nitrogens with one attached hydrogen (secondary N) is 1. The van der Waals surface area contributed by atoms with Crippen LogP contribution < -0.4 is 11.1 Å². The van der Waals surface area contributed by atoms with E-state index in [1.54, 1.807) is 6.07 Å². The lowest BCUT2D eigenvalue weighted by molar-refractivity contribution is -0.113. The molecule has 17 heavy (non-hydrogen) atoms. The number of benzene rings is 1. The van der Waals surface area contributed by atoms with E-state index in [4.69, 9.17) is 17.3 Å². The number of nitrogen functional groups attached to an aromatic ring is 1. The smallest absolute Gasteiger partial charge is 0.239 e. The first-order chi connectivity index (χ1) is 7.84. The number of hydrogen-bond acceptors (Lipinski definition) is 4. The van der Waals surface area contributed by atoms with Crippen LogP contribution >= 0.6 is 11.6 Å². The van der Waals surface area contributed by atoms with Gasteiger partial charge in [0.2, 0.25) is 5.91 Å². The Kier molecular flexibility index (Phi) is 4.36. The van der Waals surface area contributed by atoms with Crippen LogP contribution in [0.4, 0.5) is 11.4 Å². The molecule has 1 aromatic rings. The Labute approximate surface area is 105 Å². The highest BCUT2D eigenvalue weighted by molar-refractivity contribution is 7.92. The number of carbonyl (C=O) groups is 1. The maximum absolute atomic E-state index is 11.4. The van der Waals surface area contributed by atoms with E-state index in [-0.39, 0.29) is 5.75 Å². The Morgan fingerprint density at radius 2 is 2.12 bits per heavy atom. The lowest BCUT2D eigenvalue weighted by Gasteiger charge is -2.06. The van der Waals surface area contributed by atoms with Crippen molar-refractivity contribution in [1.82, 2.24) is 0 Å². The maximum Gasteiger partial charge on any atom is 0.239 e. The minimum absolute atomic E-state index is 0.0663. The fourth-order valence-corrected chi connectivity index (χ4v) is 1.91. The molecule has 0 saturated carbocycles. The Morgan fingerprint density at radius 1 is 1.47 bits per heavy atom. The summed E-state index contributed by atoms with van der Waals surface area (Å²) in [6.07, 6.45) is 0. The molecule has 0 aromatic heterocycles. The topological polar surface area (TPSA) is 89.3 Å². The van der Waals surface area contributed by atoms with E-state index in [1.807, 2.05) is 0 Å². The number of anilines is 2. The summed E-state index contributed by atoms with van der Waals surface area (Å²) in [5.74, 6) is -1.19. The Bertz CT molecular complexity index is 528. The average Bonchev–Trinajstić information content (AvgIpc) is 2.23. The van der Waals surface area contributed by atoms with Crippen LogP contribution in [0.2, 0.25) is 5.02 Å². The molecular weight excluding hydrogens is 264 g/mol. The number of sulfone groups is 1. The van der Waals surface area contributed by atoms with Crippen LogP contribution in [0.25, 0.3) is 0 Å². The molecule has 0 aliphatic heterocycles. The third-order valence-electron chi connectivity index (χ3n) is 2.07. The monoisotopic (exact) mass is 276 g/mol. The van der Waals surface area contributed by atoms with Gasteiger partial charge >= 0.3 is 0 Å². The van der Waals surface area contributed by atoms with E-state index < -0.39 is 21.5 Å². The molecule has 0 aliphatic carbocycles. The Morgan fingerprint density at radius 3 is 2.65 bits per heavy atom. The van der Waals surface area contributed by atoms with Crippen molar-refractivity contribution in [2.24, 2.45) is 0 Å². The van der Waals surface area contributed by atoms with Crippen molar-refractivity contribution < 1.29 is 13.2 Å². The second kappa shape index (κ2) is 5.37. The summed E-state index contributed by atoms with van der Waals surface area (Å²) in [6, 6.07) is 4.55. The van der Waals surface area contributed by atoms with Crippen LogP contribution in [0.5, 0.6) is 0 Å². The van der Waals surface area contributed by atoms with Crippen molar-refractivity contribution >= 4 is 38.7 Å². The summed E-state index contributed by atoms with van der Waals surface area (Å²) in [5, 5.41) is 2.82. The number of amides is 1. The van der Waals surface area contributed by atoms with Gasteiger partial charge in [-0.15, -0.1) is 0 Å². The van der Waals surface area contributed by atoms with Crippen LogP contribution in [0.3, 0.4) is 0 Å². The van der Waals surface area contributed by atoms with Gasteiger partial charge in [0.1, 0.15) is 5.75 Å². The summed E-state index contributed by atoms with van der Waals surface area (Å²) in [5.41, 5.74) is 6.29. The molecule has 1 aromatic carbocycles. The van der Waals surface area contributed by atoms with E-state index >= 15 is 0 Å². The molecule has 7 heteroatoms. The molecule has 0 fully saturated rings. The zero-order chi connectivity index (χ0) is 13.1. The van der Waals surface area contributed by atoms with Crippen LogP contribution in [0.1, 0.15) is 6.92 Å². The molecule has 5 nitrogen and oxygen atoms in total. The maximum atomic E-state index is 11.4. The van der Waals surface area contributed by atoms with Gasteiger partial charge < -0.3 is 11.1 Å². The van der Waals surface area contributed by atoms with Crippen molar-refractivity contribution in [2.45, 2.75) is 6.92 Å². The first kappa shape index (κ1) is 13.8. The van der Waals surface area contributed by atoms with Crippen LogP contribution in [-0.4, -0.2) is 25.8 Å². The molecule has 0 radical (unpaired) electrons. The van der Waals surface area contributed by atoms with Gasteiger partial charge in [-0.1, -0.05) is 18.5 Å². The van der Waals surface area contributed by atoms with Crippen molar-refractivity contribution in [3.05, 3.63) is 23.2 Å². The van der Waals surface area contributed by atoms with E-state index in [9.17, 15) is 13.2 Å². The fourth-order valence-electron chi connectivity index (χ4n) is 1.12. The second-order valence-electron chi connectivity index (χ2n) is 3.46. The molecule has 0 aliphatic rings. The number of nitrogens with two attached hydrogens (primary N) is 1. The molecule has 3 N–H and O–H groups in total. The molecule has 1 rings (SSSR count). The number of hydrogen-bond donors (Lipinski definition) is 2. The molecular formula is C10H13ClN2O3S. The van der Waals surface area contributed by atoms with Crippen molar-refractivity contribution in [3.8, 4) is 0 Å². The van der Waals surface area contributed by atoms with Crippen LogP contribution in [0.15, 0.2) is 18.2 Å². The van der Waals surface area contributed by atoms with Crippen molar-refractivity contribution in [1.29, 1.82) is 0 Å². The zero-order valence-electron chi connectivity index (χ0n) is 9.23. The molecule has 0 bridgehead atoms. The lowest BCUT2D eigenvalue weighted by Crippen LogP contribution is -2.23. The van der Waals surface area contributed by atoms with Gasteiger partial charge in [0.15, 0.2) is 9.84 Å². The summed E-state index contributed by atoms with van der Waals surface area (Å²) < 4.78 is 22.4. The summed E-state index contributed by atoms with van der Waals surface area (Å²) >= 11 is 5.71.